The van der Waals surface area contributed by atoms with Crippen LogP contribution < -0.4 is 0 Å². The second-order valence-electron chi connectivity index (χ2n) is 6.04. The normalized spacial score (nSPS) is 28.4. The van der Waals surface area contributed by atoms with Gasteiger partial charge < -0.3 is 19.7 Å². The SMILES string of the molecule is O=C(O)CCC(=O)OC[C@@H]1CC[C@H](N2CCCC(C(=O)O)C2)O1. The van der Waals surface area contributed by atoms with Crippen molar-refractivity contribution in [1.29, 1.82) is 0 Å². The van der Waals surface area contributed by atoms with Crippen molar-refractivity contribution in [1.82, 2.24) is 4.90 Å². The predicted octanol–water partition coefficient (Wildman–Crippen LogP) is 0.696. The minimum absolute atomic E-state index is 0.116. The minimum atomic E-state index is -1.03. The quantitative estimate of drug-likeness (QED) is 0.656. The molecule has 0 radical (unpaired) electrons. The maximum atomic E-state index is 11.4. The molecule has 2 rings (SSSR count). The third-order valence-corrected chi connectivity index (χ3v) is 4.27. The molecule has 0 aromatic rings. The summed E-state index contributed by atoms with van der Waals surface area (Å²) in [6.45, 7) is 1.43. The first kappa shape index (κ1) is 17.7. The number of carbonyl (C=O) groups is 3. The third-order valence-electron chi connectivity index (χ3n) is 4.27. The van der Waals surface area contributed by atoms with Crippen LogP contribution in [0, 0.1) is 5.92 Å². The summed E-state index contributed by atoms with van der Waals surface area (Å²) in [6.07, 6.45) is 2.35. The molecule has 0 bridgehead atoms. The molecule has 130 valence electrons. The zero-order valence-electron chi connectivity index (χ0n) is 13.0. The average molecular weight is 329 g/mol. The number of piperidine rings is 1. The summed E-state index contributed by atoms with van der Waals surface area (Å²) in [5.41, 5.74) is 0. The Kier molecular flexibility index (Phi) is 6.35. The van der Waals surface area contributed by atoms with E-state index in [9.17, 15) is 14.4 Å². The molecule has 0 aromatic carbocycles. The van der Waals surface area contributed by atoms with Crippen LogP contribution in [0.25, 0.3) is 0 Å². The van der Waals surface area contributed by atoms with Crippen molar-refractivity contribution in [3.8, 4) is 0 Å². The second-order valence-corrected chi connectivity index (χ2v) is 6.04. The Morgan fingerprint density at radius 3 is 2.61 bits per heavy atom. The van der Waals surface area contributed by atoms with Crippen molar-refractivity contribution in [2.24, 2.45) is 5.92 Å². The number of ether oxygens (including phenoxy) is 2. The van der Waals surface area contributed by atoms with E-state index >= 15 is 0 Å². The molecule has 2 N–H and O–H groups in total. The molecule has 8 heteroatoms. The van der Waals surface area contributed by atoms with Gasteiger partial charge in [-0.25, -0.2) is 0 Å². The fourth-order valence-electron chi connectivity index (χ4n) is 3.01. The molecule has 0 spiro atoms. The van der Waals surface area contributed by atoms with Crippen LogP contribution in [0.2, 0.25) is 0 Å². The fourth-order valence-corrected chi connectivity index (χ4v) is 3.01. The zero-order valence-corrected chi connectivity index (χ0v) is 13.0. The lowest BCUT2D eigenvalue weighted by Gasteiger charge is -2.34. The lowest BCUT2D eigenvalue weighted by Crippen LogP contribution is -2.44. The Labute approximate surface area is 134 Å². The van der Waals surface area contributed by atoms with E-state index in [4.69, 9.17) is 19.7 Å². The second kappa shape index (κ2) is 8.26. The third kappa shape index (κ3) is 5.47. The number of likely N-dealkylation sites (tertiary alicyclic amines) is 1. The number of aliphatic carboxylic acids is 2. The molecule has 23 heavy (non-hydrogen) atoms. The van der Waals surface area contributed by atoms with Crippen molar-refractivity contribution >= 4 is 17.9 Å². The number of carboxylic acids is 2. The minimum Gasteiger partial charge on any atom is -0.481 e. The Bertz CT molecular complexity index is 453. The highest BCUT2D eigenvalue weighted by Gasteiger charge is 2.35. The van der Waals surface area contributed by atoms with Crippen molar-refractivity contribution in [2.75, 3.05) is 19.7 Å². The zero-order chi connectivity index (χ0) is 16.8. The van der Waals surface area contributed by atoms with Crippen LogP contribution in [-0.2, 0) is 23.9 Å². The Morgan fingerprint density at radius 1 is 1.13 bits per heavy atom. The van der Waals surface area contributed by atoms with Crippen molar-refractivity contribution in [2.45, 2.75) is 50.9 Å². The van der Waals surface area contributed by atoms with Gasteiger partial charge in [0.2, 0.25) is 0 Å². The summed E-state index contributed by atoms with van der Waals surface area (Å²) in [7, 11) is 0. The molecule has 2 saturated heterocycles. The van der Waals surface area contributed by atoms with E-state index < -0.39 is 17.9 Å². The molecule has 1 unspecified atom stereocenters. The number of carbonyl (C=O) groups excluding carboxylic acids is 1. The van der Waals surface area contributed by atoms with Crippen LogP contribution in [0.15, 0.2) is 0 Å². The maximum absolute atomic E-state index is 11.4. The molecule has 2 heterocycles. The van der Waals surface area contributed by atoms with E-state index in [0.29, 0.717) is 13.0 Å². The van der Waals surface area contributed by atoms with Gasteiger partial charge in [-0.2, -0.15) is 0 Å². The maximum Gasteiger partial charge on any atom is 0.307 e. The molecule has 0 amide bonds. The monoisotopic (exact) mass is 329 g/mol. The molecule has 3 atom stereocenters. The summed E-state index contributed by atoms with van der Waals surface area (Å²) >= 11 is 0. The van der Waals surface area contributed by atoms with E-state index in [2.05, 4.69) is 4.90 Å². The van der Waals surface area contributed by atoms with Gasteiger partial charge in [-0.05, 0) is 25.7 Å². The summed E-state index contributed by atoms with van der Waals surface area (Å²) in [4.78, 5) is 34.9. The van der Waals surface area contributed by atoms with Gasteiger partial charge in [0.25, 0.3) is 0 Å². The van der Waals surface area contributed by atoms with Crippen LogP contribution >= 0.6 is 0 Å². The highest BCUT2D eigenvalue weighted by Crippen LogP contribution is 2.27. The van der Waals surface area contributed by atoms with Gasteiger partial charge in [-0.15, -0.1) is 0 Å². The number of rotatable bonds is 7. The number of nitrogens with zero attached hydrogens (tertiary/aromatic N) is 1. The van der Waals surface area contributed by atoms with Crippen molar-refractivity contribution in [3.05, 3.63) is 0 Å². The summed E-state index contributed by atoms with van der Waals surface area (Å²) in [5.74, 6) is -2.68. The van der Waals surface area contributed by atoms with Gasteiger partial charge in [-0.1, -0.05) is 0 Å². The molecule has 8 nitrogen and oxygen atoms in total. The molecule has 0 aromatic heterocycles. The van der Waals surface area contributed by atoms with Gasteiger partial charge in [0.15, 0.2) is 0 Å². The van der Waals surface area contributed by atoms with E-state index in [1.54, 1.807) is 0 Å². The Hall–Kier alpha value is -1.67. The lowest BCUT2D eigenvalue weighted by molar-refractivity contribution is -0.154. The molecule has 2 aliphatic heterocycles. The molecule has 0 saturated carbocycles. The highest BCUT2D eigenvalue weighted by atomic mass is 16.6. The summed E-state index contributed by atoms with van der Waals surface area (Å²) in [5, 5.41) is 17.6. The smallest absolute Gasteiger partial charge is 0.307 e. The van der Waals surface area contributed by atoms with E-state index in [1.807, 2.05) is 0 Å². The Balaban J connectivity index is 1.70. The van der Waals surface area contributed by atoms with Crippen LogP contribution in [0.4, 0.5) is 0 Å². The van der Waals surface area contributed by atoms with Gasteiger partial charge in [0.05, 0.1) is 24.9 Å². The first-order chi connectivity index (χ1) is 11.0. The molecular formula is C15H23NO7. The van der Waals surface area contributed by atoms with Gasteiger partial charge in [0.1, 0.15) is 12.8 Å². The van der Waals surface area contributed by atoms with Crippen LogP contribution in [-0.4, -0.2) is 65.0 Å². The number of esters is 1. The van der Waals surface area contributed by atoms with E-state index in [-0.39, 0.29) is 37.7 Å². The van der Waals surface area contributed by atoms with Gasteiger partial charge in [0, 0.05) is 13.1 Å². The van der Waals surface area contributed by atoms with Crippen LogP contribution in [0.1, 0.15) is 38.5 Å². The topological polar surface area (TPSA) is 113 Å². The van der Waals surface area contributed by atoms with Crippen LogP contribution in [0.5, 0.6) is 0 Å². The predicted molar refractivity (Wildman–Crippen MR) is 77.7 cm³/mol. The molecular weight excluding hydrogens is 306 g/mol. The lowest BCUT2D eigenvalue weighted by atomic mass is 9.98. The Morgan fingerprint density at radius 2 is 1.91 bits per heavy atom. The van der Waals surface area contributed by atoms with E-state index in [0.717, 1.165) is 25.8 Å². The van der Waals surface area contributed by atoms with Crippen molar-refractivity contribution < 1.29 is 34.1 Å². The fraction of sp³-hybridized carbons (Fsp3) is 0.800. The number of hydrogen-bond donors (Lipinski definition) is 2. The van der Waals surface area contributed by atoms with E-state index in [1.165, 1.54) is 0 Å². The highest BCUT2D eigenvalue weighted by molar-refractivity contribution is 5.76. The van der Waals surface area contributed by atoms with Gasteiger partial charge in [-0.3, -0.25) is 19.3 Å². The molecule has 2 aliphatic rings. The largest absolute Gasteiger partial charge is 0.481 e. The molecule has 0 aliphatic carbocycles. The number of carboxylic acid groups (broad SMARTS) is 2. The first-order valence-corrected chi connectivity index (χ1v) is 7.95. The molecule has 2 fully saturated rings. The number of hydrogen-bond acceptors (Lipinski definition) is 6. The summed E-state index contributed by atoms with van der Waals surface area (Å²) < 4.78 is 10.9. The first-order valence-electron chi connectivity index (χ1n) is 7.95. The van der Waals surface area contributed by atoms with Crippen molar-refractivity contribution in [3.63, 3.8) is 0 Å². The van der Waals surface area contributed by atoms with Crippen LogP contribution in [0.3, 0.4) is 0 Å². The van der Waals surface area contributed by atoms with Gasteiger partial charge >= 0.3 is 17.9 Å². The summed E-state index contributed by atoms with van der Waals surface area (Å²) in [6, 6.07) is 0. The average Bonchev–Trinajstić information content (AvgIpc) is 3.00. The standard InChI is InChI=1S/C15H23NO7/c17-13(18)5-6-14(19)22-9-11-3-4-12(23-11)16-7-1-2-10(8-16)15(20)21/h10-12H,1-9H2,(H,17,18)(H,20,21)/t10?,11-,12+/m0/s1.